The molecule has 64 valence electrons. The van der Waals surface area contributed by atoms with Crippen LogP contribution in [0.1, 0.15) is 13.3 Å². The fourth-order valence-electron chi connectivity index (χ4n) is 0.662. The van der Waals surface area contributed by atoms with Crippen LogP contribution < -0.4 is 5.32 Å². The van der Waals surface area contributed by atoms with Crippen molar-refractivity contribution < 1.29 is 9.53 Å². The molecule has 0 aliphatic heterocycles. The number of hydrogen-bond donors (Lipinski definition) is 1. The average molecular weight is 157 g/mol. The Labute approximate surface area is 67.4 Å². The Balaban J connectivity index is 3.43. The quantitative estimate of drug-likeness (QED) is 0.363. The molecule has 0 heterocycles. The molecule has 1 N–H and O–H groups in total. The number of carbonyl (C=O) groups excluding carboxylic acids is 1. The van der Waals surface area contributed by atoms with Crippen molar-refractivity contribution in [1.29, 1.82) is 0 Å². The van der Waals surface area contributed by atoms with E-state index >= 15 is 0 Å². The van der Waals surface area contributed by atoms with Gasteiger partial charge in [0, 0.05) is 0 Å². The number of esters is 1. The van der Waals surface area contributed by atoms with Crippen LogP contribution >= 0.6 is 0 Å². The van der Waals surface area contributed by atoms with E-state index in [1.54, 1.807) is 13.0 Å². The van der Waals surface area contributed by atoms with E-state index in [1.165, 1.54) is 7.11 Å². The highest BCUT2D eigenvalue weighted by Gasteiger charge is 2.10. The van der Waals surface area contributed by atoms with Crippen LogP contribution in [0.25, 0.3) is 0 Å². The largest absolute Gasteiger partial charge is 0.468 e. The molecular formula is C8H15NO2. The Morgan fingerprint density at radius 2 is 2.45 bits per heavy atom. The smallest absolute Gasteiger partial charge is 0.322 e. The third-order valence-corrected chi connectivity index (χ3v) is 1.35. The van der Waals surface area contributed by atoms with Crippen LogP contribution in [0.3, 0.4) is 0 Å². The van der Waals surface area contributed by atoms with Crippen molar-refractivity contribution in [1.82, 2.24) is 5.32 Å². The van der Waals surface area contributed by atoms with Gasteiger partial charge >= 0.3 is 5.97 Å². The van der Waals surface area contributed by atoms with Gasteiger partial charge in [-0.05, 0) is 19.9 Å². The van der Waals surface area contributed by atoms with Crippen molar-refractivity contribution in [3.63, 3.8) is 0 Å². The van der Waals surface area contributed by atoms with Gasteiger partial charge < -0.3 is 10.1 Å². The van der Waals surface area contributed by atoms with Crippen molar-refractivity contribution in [3.05, 3.63) is 12.7 Å². The third kappa shape index (κ3) is 4.56. The Kier molecular flexibility index (Phi) is 5.47. The second-order valence-electron chi connectivity index (χ2n) is 2.28. The van der Waals surface area contributed by atoms with Crippen molar-refractivity contribution in [2.24, 2.45) is 0 Å². The zero-order chi connectivity index (χ0) is 8.69. The molecule has 0 aromatic heterocycles. The van der Waals surface area contributed by atoms with E-state index in [2.05, 4.69) is 16.6 Å². The van der Waals surface area contributed by atoms with E-state index < -0.39 is 0 Å². The predicted octanol–water partition coefficient (Wildman–Crippen LogP) is 0.714. The molecule has 1 atom stereocenters. The highest BCUT2D eigenvalue weighted by molar-refractivity contribution is 5.74. The lowest BCUT2D eigenvalue weighted by Crippen LogP contribution is -2.35. The van der Waals surface area contributed by atoms with Crippen LogP contribution in [0.4, 0.5) is 0 Å². The van der Waals surface area contributed by atoms with Gasteiger partial charge in [-0.2, -0.15) is 0 Å². The molecule has 0 aromatic rings. The van der Waals surface area contributed by atoms with Crippen LogP contribution in [0, 0.1) is 0 Å². The summed E-state index contributed by atoms with van der Waals surface area (Å²) in [5, 5.41) is 2.99. The summed E-state index contributed by atoms with van der Waals surface area (Å²) < 4.78 is 4.52. The van der Waals surface area contributed by atoms with Crippen molar-refractivity contribution in [3.8, 4) is 0 Å². The lowest BCUT2D eigenvalue weighted by molar-refractivity contribution is -0.142. The minimum Gasteiger partial charge on any atom is -0.468 e. The number of rotatable bonds is 5. The van der Waals surface area contributed by atoms with Gasteiger partial charge in [0.05, 0.1) is 7.11 Å². The second kappa shape index (κ2) is 5.92. The monoisotopic (exact) mass is 157 g/mol. The SMILES string of the molecule is C=CCCN[C@@H](C)C(=O)OC. The van der Waals surface area contributed by atoms with Gasteiger partial charge in [-0.3, -0.25) is 4.79 Å². The van der Waals surface area contributed by atoms with Crippen molar-refractivity contribution in [2.45, 2.75) is 19.4 Å². The summed E-state index contributed by atoms with van der Waals surface area (Å²) in [6.07, 6.45) is 2.67. The second-order valence-corrected chi connectivity index (χ2v) is 2.28. The number of carbonyl (C=O) groups is 1. The molecule has 0 saturated carbocycles. The lowest BCUT2D eigenvalue weighted by atomic mass is 10.3. The molecule has 0 aliphatic rings. The standard InChI is InChI=1S/C8H15NO2/c1-4-5-6-9-7(2)8(10)11-3/h4,7,9H,1,5-6H2,2-3H3/t7-/m0/s1. The molecule has 0 amide bonds. The van der Waals surface area contributed by atoms with Crippen LogP contribution in [-0.2, 0) is 9.53 Å². The molecule has 0 bridgehead atoms. The maximum atomic E-state index is 10.8. The average Bonchev–Trinajstić information content (AvgIpc) is 2.03. The van der Waals surface area contributed by atoms with E-state index in [4.69, 9.17) is 0 Å². The summed E-state index contributed by atoms with van der Waals surface area (Å²) >= 11 is 0. The Hall–Kier alpha value is -0.830. The summed E-state index contributed by atoms with van der Waals surface area (Å²) in [4.78, 5) is 10.8. The van der Waals surface area contributed by atoms with Crippen LogP contribution in [-0.4, -0.2) is 25.7 Å². The normalized spacial score (nSPS) is 12.2. The summed E-state index contributed by atoms with van der Waals surface area (Å²) in [6.45, 7) is 6.10. The topological polar surface area (TPSA) is 38.3 Å². The van der Waals surface area contributed by atoms with E-state index in [9.17, 15) is 4.79 Å². The maximum absolute atomic E-state index is 10.8. The highest BCUT2D eigenvalue weighted by Crippen LogP contribution is 1.86. The lowest BCUT2D eigenvalue weighted by Gasteiger charge is -2.09. The Bertz CT molecular complexity index is 134. The Morgan fingerprint density at radius 1 is 1.82 bits per heavy atom. The first kappa shape index (κ1) is 10.2. The molecule has 3 heteroatoms. The van der Waals surface area contributed by atoms with Gasteiger partial charge in [-0.15, -0.1) is 6.58 Å². The van der Waals surface area contributed by atoms with Crippen LogP contribution in [0.2, 0.25) is 0 Å². The van der Waals surface area contributed by atoms with E-state index in [0.29, 0.717) is 0 Å². The first-order valence-electron chi connectivity index (χ1n) is 3.64. The summed E-state index contributed by atoms with van der Waals surface area (Å²) in [5.74, 6) is -0.228. The number of methoxy groups -OCH3 is 1. The minimum absolute atomic E-state index is 0.222. The number of ether oxygens (including phenoxy) is 1. The van der Waals surface area contributed by atoms with Crippen LogP contribution in [0.5, 0.6) is 0 Å². The molecule has 0 aliphatic carbocycles. The van der Waals surface area contributed by atoms with Gasteiger partial charge in [-0.25, -0.2) is 0 Å². The zero-order valence-corrected chi connectivity index (χ0v) is 7.09. The maximum Gasteiger partial charge on any atom is 0.322 e. The summed E-state index contributed by atoms with van der Waals surface area (Å²) in [6, 6.07) is -0.222. The van der Waals surface area contributed by atoms with E-state index in [-0.39, 0.29) is 12.0 Å². The molecular weight excluding hydrogens is 142 g/mol. The van der Waals surface area contributed by atoms with Gasteiger partial charge in [0.15, 0.2) is 0 Å². The molecule has 11 heavy (non-hydrogen) atoms. The minimum atomic E-state index is -0.228. The van der Waals surface area contributed by atoms with Crippen LogP contribution in [0.15, 0.2) is 12.7 Å². The molecule has 0 unspecified atom stereocenters. The molecule has 0 saturated heterocycles. The van der Waals surface area contributed by atoms with Gasteiger partial charge in [0.25, 0.3) is 0 Å². The third-order valence-electron chi connectivity index (χ3n) is 1.35. The molecule has 3 nitrogen and oxygen atoms in total. The van der Waals surface area contributed by atoms with E-state index in [1.807, 2.05) is 0 Å². The van der Waals surface area contributed by atoms with Gasteiger partial charge in [0.1, 0.15) is 6.04 Å². The molecule has 0 fully saturated rings. The highest BCUT2D eigenvalue weighted by atomic mass is 16.5. The fourth-order valence-corrected chi connectivity index (χ4v) is 0.662. The number of nitrogens with one attached hydrogen (secondary N) is 1. The zero-order valence-electron chi connectivity index (χ0n) is 7.09. The number of hydrogen-bond acceptors (Lipinski definition) is 3. The molecule has 0 rings (SSSR count). The molecule has 0 radical (unpaired) electrons. The predicted molar refractivity (Wildman–Crippen MR) is 44.3 cm³/mol. The van der Waals surface area contributed by atoms with Crippen molar-refractivity contribution in [2.75, 3.05) is 13.7 Å². The van der Waals surface area contributed by atoms with Gasteiger partial charge in [-0.1, -0.05) is 6.08 Å². The first-order chi connectivity index (χ1) is 5.22. The van der Waals surface area contributed by atoms with Crippen molar-refractivity contribution >= 4 is 5.97 Å². The first-order valence-corrected chi connectivity index (χ1v) is 3.64. The fraction of sp³-hybridized carbons (Fsp3) is 0.625. The Morgan fingerprint density at radius 3 is 2.91 bits per heavy atom. The van der Waals surface area contributed by atoms with E-state index in [0.717, 1.165) is 13.0 Å². The van der Waals surface area contributed by atoms with Gasteiger partial charge in [0.2, 0.25) is 0 Å². The summed E-state index contributed by atoms with van der Waals surface area (Å²) in [7, 11) is 1.38. The molecule has 0 aromatic carbocycles. The molecule has 0 spiro atoms. The summed E-state index contributed by atoms with van der Waals surface area (Å²) in [5.41, 5.74) is 0.